The van der Waals surface area contributed by atoms with Gasteiger partial charge in [-0.3, -0.25) is 0 Å². The van der Waals surface area contributed by atoms with Crippen LogP contribution in [0, 0.1) is 0 Å². The smallest absolute Gasteiger partial charge is 0.494 e. The quantitative estimate of drug-likeness (QED) is 0.475. The van der Waals surface area contributed by atoms with Gasteiger partial charge >= 0.3 is 7.12 Å². The van der Waals surface area contributed by atoms with Gasteiger partial charge in [0.2, 0.25) is 0 Å². The number of hydrogen-bond donors (Lipinski definition) is 0. The van der Waals surface area contributed by atoms with Crippen molar-refractivity contribution in [3.8, 4) is 5.75 Å². The molecule has 0 N–H and O–H groups in total. The number of benzene rings is 1. The molecule has 0 aromatic heterocycles. The lowest BCUT2D eigenvalue weighted by Gasteiger charge is -2.32. The fourth-order valence-corrected chi connectivity index (χ4v) is 2.05. The maximum atomic E-state index is 6.01. The summed E-state index contributed by atoms with van der Waals surface area (Å²) in [5.74, 6) is 1.46. The zero-order valence-electron chi connectivity index (χ0n) is 12.6. The van der Waals surface area contributed by atoms with Gasteiger partial charge in [0.15, 0.2) is 0 Å². The summed E-state index contributed by atoms with van der Waals surface area (Å²) in [6.45, 7) is 8.85. The highest BCUT2D eigenvalue weighted by atomic mass is 35.5. The maximum absolute atomic E-state index is 6.01. The van der Waals surface area contributed by atoms with Gasteiger partial charge in [-0.15, -0.1) is 11.6 Å². The molecular formula is C15H22BClO3. The number of hydrogen-bond acceptors (Lipinski definition) is 3. The van der Waals surface area contributed by atoms with Crippen molar-refractivity contribution in [2.45, 2.75) is 45.3 Å². The molecule has 1 heterocycles. The van der Waals surface area contributed by atoms with Crippen LogP contribution in [0.3, 0.4) is 0 Å². The van der Waals surface area contributed by atoms with Crippen LogP contribution >= 0.6 is 11.6 Å². The molecule has 1 saturated heterocycles. The molecule has 0 aliphatic carbocycles. The summed E-state index contributed by atoms with van der Waals surface area (Å²) in [6, 6.07) is 7.85. The highest BCUT2D eigenvalue weighted by Gasteiger charge is 2.51. The van der Waals surface area contributed by atoms with Crippen molar-refractivity contribution < 1.29 is 14.0 Å². The maximum Gasteiger partial charge on any atom is 0.494 e. The summed E-state index contributed by atoms with van der Waals surface area (Å²) < 4.78 is 17.6. The Hall–Kier alpha value is -0.705. The lowest BCUT2D eigenvalue weighted by molar-refractivity contribution is 0.00578. The van der Waals surface area contributed by atoms with E-state index in [2.05, 4.69) is 27.7 Å². The molecule has 20 heavy (non-hydrogen) atoms. The molecule has 0 bridgehead atoms. The van der Waals surface area contributed by atoms with Gasteiger partial charge in [0.05, 0.1) is 17.8 Å². The van der Waals surface area contributed by atoms with E-state index in [0.717, 1.165) is 17.6 Å². The first-order valence-corrected chi connectivity index (χ1v) is 7.53. The molecule has 0 radical (unpaired) electrons. The van der Waals surface area contributed by atoms with Crippen molar-refractivity contribution in [1.82, 2.24) is 0 Å². The van der Waals surface area contributed by atoms with Gasteiger partial charge in [-0.1, -0.05) is 12.1 Å². The van der Waals surface area contributed by atoms with E-state index in [9.17, 15) is 0 Å². The van der Waals surface area contributed by atoms with Crippen LogP contribution in [0.5, 0.6) is 5.75 Å². The number of ether oxygens (including phenoxy) is 1. The van der Waals surface area contributed by atoms with Crippen LogP contribution in [0.15, 0.2) is 24.3 Å². The van der Waals surface area contributed by atoms with E-state index < -0.39 is 0 Å². The summed E-state index contributed by atoms with van der Waals surface area (Å²) in [5, 5.41) is 0. The largest absolute Gasteiger partial charge is 0.494 e. The molecule has 1 aliphatic rings. The molecule has 1 aromatic carbocycles. The van der Waals surface area contributed by atoms with Crippen molar-refractivity contribution >= 4 is 24.2 Å². The van der Waals surface area contributed by atoms with Gasteiger partial charge in [-0.05, 0) is 51.7 Å². The summed E-state index contributed by atoms with van der Waals surface area (Å²) in [5.41, 5.74) is 0.383. The van der Waals surface area contributed by atoms with Gasteiger partial charge < -0.3 is 14.0 Å². The standard InChI is InChI=1S/C15H22BClO3/c1-14(2)15(3,4)20-16(19-14)12-6-8-13(9-7-12)18-11-5-10-17/h6-9H,5,10-11H2,1-4H3. The van der Waals surface area contributed by atoms with Crippen LogP contribution in [0.1, 0.15) is 34.1 Å². The molecular weight excluding hydrogens is 274 g/mol. The van der Waals surface area contributed by atoms with Gasteiger partial charge in [-0.25, -0.2) is 0 Å². The Morgan fingerprint density at radius 2 is 1.60 bits per heavy atom. The van der Waals surface area contributed by atoms with E-state index in [4.69, 9.17) is 25.6 Å². The molecule has 0 saturated carbocycles. The Labute approximate surface area is 126 Å². The lowest BCUT2D eigenvalue weighted by atomic mass is 9.79. The summed E-state index contributed by atoms with van der Waals surface area (Å²) in [4.78, 5) is 0. The third-order valence-corrected chi connectivity index (χ3v) is 4.22. The Balaban J connectivity index is 2.01. The lowest BCUT2D eigenvalue weighted by Crippen LogP contribution is -2.41. The molecule has 3 nitrogen and oxygen atoms in total. The van der Waals surface area contributed by atoms with E-state index in [-0.39, 0.29) is 18.3 Å². The second-order valence-electron chi connectivity index (χ2n) is 6.05. The summed E-state index contributed by atoms with van der Waals surface area (Å²) in [6.07, 6.45) is 0.848. The van der Waals surface area contributed by atoms with E-state index in [1.54, 1.807) is 0 Å². The van der Waals surface area contributed by atoms with Crippen LogP contribution in [-0.2, 0) is 9.31 Å². The zero-order chi connectivity index (χ0) is 14.8. The molecule has 1 aromatic rings. The van der Waals surface area contributed by atoms with E-state index in [1.807, 2.05) is 24.3 Å². The predicted molar refractivity (Wildman–Crippen MR) is 83.0 cm³/mol. The van der Waals surface area contributed by atoms with Gasteiger partial charge in [0, 0.05) is 5.88 Å². The predicted octanol–water partition coefficient (Wildman–Crippen LogP) is 2.99. The molecule has 0 spiro atoms. The monoisotopic (exact) mass is 296 g/mol. The molecule has 2 rings (SSSR count). The van der Waals surface area contributed by atoms with Crippen LogP contribution in [0.2, 0.25) is 0 Å². The minimum absolute atomic E-state index is 0.312. The van der Waals surface area contributed by atoms with Gasteiger partial charge in [-0.2, -0.15) is 0 Å². The highest BCUT2D eigenvalue weighted by Crippen LogP contribution is 2.36. The Bertz CT molecular complexity index is 429. The first kappa shape index (κ1) is 15.7. The molecule has 110 valence electrons. The summed E-state index contributed by atoms with van der Waals surface area (Å²) in [7, 11) is -0.322. The molecule has 5 heteroatoms. The van der Waals surface area contributed by atoms with E-state index >= 15 is 0 Å². The van der Waals surface area contributed by atoms with E-state index in [1.165, 1.54) is 0 Å². The average molecular weight is 297 g/mol. The zero-order valence-corrected chi connectivity index (χ0v) is 13.4. The minimum atomic E-state index is -0.322. The Morgan fingerprint density at radius 1 is 1.05 bits per heavy atom. The molecule has 0 amide bonds. The van der Waals surface area contributed by atoms with Crippen molar-refractivity contribution in [3.63, 3.8) is 0 Å². The first-order valence-electron chi connectivity index (χ1n) is 7.00. The highest BCUT2D eigenvalue weighted by molar-refractivity contribution is 6.62. The SMILES string of the molecule is CC1(C)OB(c2ccc(OCCCCl)cc2)OC1(C)C. The van der Waals surface area contributed by atoms with E-state index in [0.29, 0.717) is 12.5 Å². The van der Waals surface area contributed by atoms with Crippen LogP contribution in [-0.4, -0.2) is 30.8 Å². The summed E-state index contributed by atoms with van der Waals surface area (Å²) >= 11 is 5.62. The fourth-order valence-electron chi connectivity index (χ4n) is 1.94. The van der Waals surface area contributed by atoms with Crippen molar-refractivity contribution in [3.05, 3.63) is 24.3 Å². The number of halogens is 1. The van der Waals surface area contributed by atoms with Crippen LogP contribution in [0.25, 0.3) is 0 Å². The van der Waals surface area contributed by atoms with Crippen LogP contribution < -0.4 is 10.2 Å². The average Bonchev–Trinajstić information content (AvgIpc) is 2.60. The second-order valence-corrected chi connectivity index (χ2v) is 6.43. The van der Waals surface area contributed by atoms with Crippen molar-refractivity contribution in [2.75, 3.05) is 12.5 Å². The number of rotatable bonds is 5. The van der Waals surface area contributed by atoms with Crippen LogP contribution in [0.4, 0.5) is 0 Å². The van der Waals surface area contributed by atoms with Gasteiger partial charge in [0.1, 0.15) is 5.75 Å². The Kier molecular flexibility index (Phi) is 4.67. The molecule has 1 aliphatic heterocycles. The normalized spacial score (nSPS) is 20.1. The first-order chi connectivity index (χ1) is 9.36. The fraction of sp³-hybridized carbons (Fsp3) is 0.600. The van der Waals surface area contributed by atoms with Gasteiger partial charge in [0.25, 0.3) is 0 Å². The van der Waals surface area contributed by atoms with Crippen molar-refractivity contribution in [2.24, 2.45) is 0 Å². The molecule has 1 fully saturated rings. The number of alkyl halides is 1. The molecule has 0 atom stereocenters. The molecule has 0 unspecified atom stereocenters. The third-order valence-electron chi connectivity index (χ3n) is 3.95. The second kappa shape index (κ2) is 5.96. The Morgan fingerprint density at radius 3 is 2.10 bits per heavy atom. The minimum Gasteiger partial charge on any atom is -0.494 e. The third kappa shape index (κ3) is 3.30. The van der Waals surface area contributed by atoms with Crippen molar-refractivity contribution in [1.29, 1.82) is 0 Å². The topological polar surface area (TPSA) is 27.7 Å².